The van der Waals surface area contributed by atoms with Gasteiger partial charge < -0.3 is 10.6 Å². The topological polar surface area (TPSA) is 41.1 Å². The Balaban J connectivity index is 1.66. The average molecular weight is 311 g/mol. The predicted molar refractivity (Wildman–Crippen MR) is 76.2 cm³/mol. The van der Waals surface area contributed by atoms with Gasteiger partial charge in [0.15, 0.2) is 0 Å². The van der Waals surface area contributed by atoms with Crippen molar-refractivity contribution in [1.29, 1.82) is 0 Å². The first-order chi connectivity index (χ1) is 8.74. The van der Waals surface area contributed by atoms with Crippen LogP contribution in [0.2, 0.25) is 0 Å². The average Bonchev–Trinajstić information content (AvgIpc) is 2.89. The molecule has 0 saturated carbocycles. The van der Waals surface area contributed by atoms with Gasteiger partial charge in [0.1, 0.15) is 0 Å². The Labute approximate surface area is 116 Å². The fourth-order valence-corrected chi connectivity index (χ4v) is 2.46. The highest BCUT2D eigenvalue weighted by Gasteiger charge is 2.14. The summed E-state index contributed by atoms with van der Waals surface area (Å²) in [5.74, 6) is 0.145. The van der Waals surface area contributed by atoms with E-state index in [1.54, 1.807) is 0 Å². The number of hydrogen-bond donors (Lipinski definition) is 2. The Morgan fingerprint density at radius 1 is 1.39 bits per heavy atom. The number of amides is 1. The van der Waals surface area contributed by atoms with Crippen LogP contribution in [-0.2, 0) is 11.3 Å². The van der Waals surface area contributed by atoms with Crippen molar-refractivity contribution in [3.63, 3.8) is 0 Å². The van der Waals surface area contributed by atoms with Gasteiger partial charge in [-0.15, -0.1) is 0 Å². The number of halogens is 1. The van der Waals surface area contributed by atoms with Crippen LogP contribution in [0, 0.1) is 0 Å². The van der Waals surface area contributed by atoms with E-state index in [1.807, 2.05) is 24.3 Å². The number of benzene rings is 1. The minimum Gasteiger partial charge on any atom is -0.352 e. The van der Waals surface area contributed by atoms with E-state index >= 15 is 0 Å². The summed E-state index contributed by atoms with van der Waals surface area (Å²) in [6, 6.07) is 8.56. The molecule has 1 heterocycles. The Kier molecular flexibility index (Phi) is 5.20. The van der Waals surface area contributed by atoms with Crippen LogP contribution in [0.25, 0.3) is 0 Å². The highest BCUT2D eigenvalue weighted by Crippen LogP contribution is 2.11. The van der Waals surface area contributed by atoms with Gasteiger partial charge in [-0.05, 0) is 43.5 Å². The smallest absolute Gasteiger partial charge is 0.220 e. The number of nitrogens with one attached hydrogen (secondary N) is 2. The van der Waals surface area contributed by atoms with Gasteiger partial charge in [-0.1, -0.05) is 28.1 Å². The largest absolute Gasteiger partial charge is 0.352 e. The summed E-state index contributed by atoms with van der Waals surface area (Å²) in [5, 5.41) is 6.37. The lowest BCUT2D eigenvalue weighted by atomic mass is 10.1. The number of rotatable bonds is 5. The van der Waals surface area contributed by atoms with Crippen molar-refractivity contribution in [2.24, 2.45) is 0 Å². The third kappa shape index (κ3) is 4.42. The molecule has 4 heteroatoms. The molecule has 1 aromatic carbocycles. The summed E-state index contributed by atoms with van der Waals surface area (Å²) in [4.78, 5) is 11.7. The molecular formula is C14H19BrN2O. The molecule has 1 aliphatic rings. The molecule has 2 rings (SSSR count). The van der Waals surface area contributed by atoms with Gasteiger partial charge in [-0.2, -0.15) is 0 Å². The van der Waals surface area contributed by atoms with Gasteiger partial charge in [-0.25, -0.2) is 0 Å². The van der Waals surface area contributed by atoms with Gasteiger partial charge in [0.2, 0.25) is 5.91 Å². The van der Waals surface area contributed by atoms with Crippen molar-refractivity contribution in [3.8, 4) is 0 Å². The van der Waals surface area contributed by atoms with E-state index in [0.717, 1.165) is 23.0 Å². The van der Waals surface area contributed by atoms with E-state index in [0.29, 0.717) is 19.0 Å². The van der Waals surface area contributed by atoms with Crippen molar-refractivity contribution in [2.45, 2.75) is 38.3 Å². The molecular weight excluding hydrogens is 292 g/mol. The number of carbonyl (C=O) groups excluding carboxylic acids is 1. The first kappa shape index (κ1) is 13.6. The Hall–Kier alpha value is -0.870. The molecule has 1 amide bonds. The molecule has 1 unspecified atom stereocenters. The van der Waals surface area contributed by atoms with Gasteiger partial charge in [0.25, 0.3) is 0 Å². The zero-order valence-corrected chi connectivity index (χ0v) is 12.0. The highest BCUT2D eigenvalue weighted by atomic mass is 79.9. The lowest BCUT2D eigenvalue weighted by molar-refractivity contribution is -0.121. The third-order valence-electron chi connectivity index (χ3n) is 3.29. The molecule has 1 aliphatic heterocycles. The second-order valence-corrected chi connectivity index (χ2v) is 5.65. The van der Waals surface area contributed by atoms with Crippen molar-refractivity contribution in [3.05, 3.63) is 34.3 Å². The van der Waals surface area contributed by atoms with Crippen LogP contribution in [0.4, 0.5) is 0 Å². The Morgan fingerprint density at radius 3 is 2.83 bits per heavy atom. The summed E-state index contributed by atoms with van der Waals surface area (Å²) < 4.78 is 1.06. The normalized spacial score (nSPS) is 18.8. The molecule has 18 heavy (non-hydrogen) atoms. The first-order valence-corrected chi connectivity index (χ1v) is 7.28. The van der Waals surface area contributed by atoms with Gasteiger partial charge >= 0.3 is 0 Å². The molecule has 1 saturated heterocycles. The molecule has 1 fully saturated rings. The molecule has 98 valence electrons. The van der Waals surface area contributed by atoms with E-state index in [2.05, 4.69) is 26.6 Å². The van der Waals surface area contributed by atoms with Gasteiger partial charge in [0, 0.05) is 23.5 Å². The first-order valence-electron chi connectivity index (χ1n) is 6.48. The van der Waals surface area contributed by atoms with Crippen molar-refractivity contribution in [1.82, 2.24) is 10.6 Å². The zero-order chi connectivity index (χ0) is 12.8. The molecule has 0 aromatic heterocycles. The molecule has 0 spiro atoms. The van der Waals surface area contributed by atoms with E-state index in [-0.39, 0.29) is 5.91 Å². The second-order valence-electron chi connectivity index (χ2n) is 4.74. The fourth-order valence-electron chi connectivity index (χ4n) is 2.20. The molecule has 1 atom stereocenters. The Morgan fingerprint density at radius 2 is 2.17 bits per heavy atom. The van der Waals surface area contributed by atoms with Crippen molar-refractivity contribution >= 4 is 21.8 Å². The van der Waals surface area contributed by atoms with Crippen molar-refractivity contribution in [2.75, 3.05) is 6.54 Å². The molecule has 1 aromatic rings. The SMILES string of the molecule is O=C(CCC1CCCN1)NCc1ccc(Br)cc1. The fraction of sp³-hybridized carbons (Fsp3) is 0.500. The summed E-state index contributed by atoms with van der Waals surface area (Å²) in [6.07, 6.45) is 4.02. The van der Waals surface area contributed by atoms with Crippen LogP contribution in [0.5, 0.6) is 0 Å². The standard InChI is InChI=1S/C14H19BrN2O/c15-12-5-3-11(4-6-12)10-17-14(18)8-7-13-2-1-9-16-13/h3-6,13,16H,1-2,7-10H2,(H,17,18). The second kappa shape index (κ2) is 6.90. The lowest BCUT2D eigenvalue weighted by Gasteiger charge is -2.10. The van der Waals surface area contributed by atoms with Crippen LogP contribution in [0.1, 0.15) is 31.2 Å². The van der Waals surface area contributed by atoms with Crippen LogP contribution < -0.4 is 10.6 Å². The maximum atomic E-state index is 11.7. The van der Waals surface area contributed by atoms with Crippen LogP contribution in [0.15, 0.2) is 28.7 Å². The summed E-state index contributed by atoms with van der Waals surface area (Å²) in [6.45, 7) is 1.72. The minimum absolute atomic E-state index is 0.145. The molecule has 2 N–H and O–H groups in total. The van der Waals surface area contributed by atoms with Crippen LogP contribution >= 0.6 is 15.9 Å². The highest BCUT2D eigenvalue weighted by molar-refractivity contribution is 9.10. The summed E-state index contributed by atoms with van der Waals surface area (Å²) in [5.41, 5.74) is 1.13. The molecule has 0 aliphatic carbocycles. The van der Waals surface area contributed by atoms with E-state index in [1.165, 1.54) is 12.8 Å². The van der Waals surface area contributed by atoms with E-state index < -0.39 is 0 Å². The van der Waals surface area contributed by atoms with Crippen LogP contribution in [0.3, 0.4) is 0 Å². The quantitative estimate of drug-likeness (QED) is 0.877. The Bertz CT molecular complexity index is 385. The number of carbonyl (C=O) groups is 1. The third-order valence-corrected chi connectivity index (χ3v) is 3.81. The predicted octanol–water partition coefficient (Wildman–Crippen LogP) is 2.60. The molecule has 0 radical (unpaired) electrons. The molecule has 3 nitrogen and oxygen atoms in total. The zero-order valence-electron chi connectivity index (χ0n) is 10.4. The number of hydrogen-bond acceptors (Lipinski definition) is 2. The van der Waals surface area contributed by atoms with Crippen LogP contribution in [-0.4, -0.2) is 18.5 Å². The minimum atomic E-state index is 0.145. The van der Waals surface area contributed by atoms with E-state index in [9.17, 15) is 4.79 Å². The molecule has 0 bridgehead atoms. The van der Waals surface area contributed by atoms with E-state index in [4.69, 9.17) is 0 Å². The lowest BCUT2D eigenvalue weighted by Crippen LogP contribution is -2.27. The summed E-state index contributed by atoms with van der Waals surface area (Å²) >= 11 is 3.39. The maximum absolute atomic E-state index is 11.7. The van der Waals surface area contributed by atoms with Gasteiger partial charge in [0.05, 0.1) is 0 Å². The monoisotopic (exact) mass is 310 g/mol. The van der Waals surface area contributed by atoms with Crippen molar-refractivity contribution < 1.29 is 4.79 Å². The summed E-state index contributed by atoms with van der Waals surface area (Å²) in [7, 11) is 0. The van der Waals surface area contributed by atoms with Gasteiger partial charge in [-0.3, -0.25) is 4.79 Å². The maximum Gasteiger partial charge on any atom is 0.220 e.